The lowest BCUT2D eigenvalue weighted by Crippen LogP contribution is -2.33. The van der Waals surface area contributed by atoms with Crippen LogP contribution in [0.3, 0.4) is 0 Å². The van der Waals surface area contributed by atoms with Gasteiger partial charge in [-0.1, -0.05) is 11.6 Å². The van der Waals surface area contributed by atoms with Gasteiger partial charge >= 0.3 is 0 Å². The van der Waals surface area contributed by atoms with E-state index in [-0.39, 0.29) is 0 Å². The molecule has 1 aliphatic rings. The molecule has 1 aliphatic carbocycles. The Morgan fingerprint density at radius 3 is 2.56 bits per heavy atom. The van der Waals surface area contributed by atoms with Gasteiger partial charge < -0.3 is 16.8 Å². The summed E-state index contributed by atoms with van der Waals surface area (Å²) in [5.41, 5.74) is 12.4. The zero-order valence-corrected chi connectivity index (χ0v) is 10.9. The standard InChI is InChI=1S/C13H18ClN3O/c14-8-1-6-11(13(16)18)12(7-8)17-10-4-2-9(15)3-5-10/h1,6-7,9-10,17H,2-5,15H2,(H2,16,18). The Morgan fingerprint density at radius 2 is 1.94 bits per heavy atom. The minimum Gasteiger partial charge on any atom is -0.382 e. The quantitative estimate of drug-likeness (QED) is 0.785. The van der Waals surface area contributed by atoms with Crippen LogP contribution in [0.5, 0.6) is 0 Å². The van der Waals surface area contributed by atoms with Gasteiger partial charge in [0.1, 0.15) is 0 Å². The zero-order chi connectivity index (χ0) is 13.1. The van der Waals surface area contributed by atoms with Crippen molar-refractivity contribution in [2.75, 3.05) is 5.32 Å². The fraction of sp³-hybridized carbons (Fsp3) is 0.462. The molecule has 2 rings (SSSR count). The van der Waals surface area contributed by atoms with Gasteiger partial charge in [0.25, 0.3) is 5.91 Å². The molecular formula is C13H18ClN3O. The van der Waals surface area contributed by atoms with Crippen molar-refractivity contribution in [3.8, 4) is 0 Å². The summed E-state index contributed by atoms with van der Waals surface area (Å²) in [7, 11) is 0. The van der Waals surface area contributed by atoms with E-state index in [1.54, 1.807) is 18.2 Å². The number of benzene rings is 1. The summed E-state index contributed by atoms with van der Waals surface area (Å²) in [6, 6.07) is 5.71. The second-order valence-electron chi connectivity index (χ2n) is 4.81. The van der Waals surface area contributed by atoms with Crippen LogP contribution < -0.4 is 16.8 Å². The molecule has 1 amide bonds. The molecular weight excluding hydrogens is 250 g/mol. The maximum Gasteiger partial charge on any atom is 0.250 e. The van der Waals surface area contributed by atoms with Gasteiger partial charge in [-0.3, -0.25) is 4.79 Å². The molecule has 0 atom stereocenters. The maximum atomic E-state index is 11.3. The van der Waals surface area contributed by atoms with Crippen LogP contribution in [0, 0.1) is 0 Å². The van der Waals surface area contributed by atoms with Crippen LogP contribution >= 0.6 is 11.6 Å². The number of halogens is 1. The summed E-state index contributed by atoms with van der Waals surface area (Å²) in [6.45, 7) is 0. The normalized spacial score (nSPS) is 23.7. The highest BCUT2D eigenvalue weighted by atomic mass is 35.5. The molecule has 1 aromatic carbocycles. The van der Waals surface area contributed by atoms with E-state index in [2.05, 4.69) is 5.32 Å². The van der Waals surface area contributed by atoms with Gasteiger partial charge in [-0.25, -0.2) is 0 Å². The highest BCUT2D eigenvalue weighted by Gasteiger charge is 2.20. The van der Waals surface area contributed by atoms with Crippen LogP contribution in [0.4, 0.5) is 5.69 Å². The SMILES string of the molecule is NC(=O)c1ccc(Cl)cc1NC1CCC(N)CC1. The lowest BCUT2D eigenvalue weighted by molar-refractivity contribution is 0.100. The van der Waals surface area contributed by atoms with Crippen LogP contribution in [0.15, 0.2) is 18.2 Å². The number of hydrogen-bond acceptors (Lipinski definition) is 3. The fourth-order valence-electron chi connectivity index (χ4n) is 2.33. The topological polar surface area (TPSA) is 81.1 Å². The molecule has 0 heterocycles. The van der Waals surface area contributed by atoms with E-state index in [0.29, 0.717) is 22.7 Å². The molecule has 98 valence electrons. The fourth-order valence-corrected chi connectivity index (χ4v) is 2.51. The number of nitrogens with one attached hydrogen (secondary N) is 1. The third-order valence-corrected chi connectivity index (χ3v) is 3.61. The second kappa shape index (κ2) is 5.59. The van der Waals surface area contributed by atoms with E-state index >= 15 is 0 Å². The lowest BCUT2D eigenvalue weighted by Gasteiger charge is -2.28. The van der Waals surface area contributed by atoms with Crippen LogP contribution in [-0.2, 0) is 0 Å². The van der Waals surface area contributed by atoms with Crippen molar-refractivity contribution in [3.05, 3.63) is 28.8 Å². The summed E-state index contributed by atoms with van der Waals surface area (Å²) >= 11 is 5.95. The van der Waals surface area contributed by atoms with Crippen LogP contribution in [-0.4, -0.2) is 18.0 Å². The van der Waals surface area contributed by atoms with Crippen molar-refractivity contribution in [1.82, 2.24) is 0 Å². The van der Waals surface area contributed by atoms with Crippen molar-refractivity contribution in [2.45, 2.75) is 37.8 Å². The lowest BCUT2D eigenvalue weighted by atomic mass is 9.91. The predicted octanol–water partition coefficient (Wildman–Crippen LogP) is 2.12. The molecule has 5 heteroatoms. The Labute approximate surface area is 112 Å². The summed E-state index contributed by atoms with van der Waals surface area (Å²) in [5.74, 6) is -0.443. The Hall–Kier alpha value is -1.26. The van der Waals surface area contributed by atoms with E-state index in [1.807, 2.05) is 0 Å². The zero-order valence-electron chi connectivity index (χ0n) is 10.2. The van der Waals surface area contributed by atoms with Crippen LogP contribution in [0.2, 0.25) is 5.02 Å². The van der Waals surface area contributed by atoms with Gasteiger partial charge in [-0.05, 0) is 43.9 Å². The van der Waals surface area contributed by atoms with Gasteiger partial charge in [0.2, 0.25) is 0 Å². The molecule has 0 aliphatic heterocycles. The van der Waals surface area contributed by atoms with Crippen LogP contribution in [0.25, 0.3) is 0 Å². The average Bonchev–Trinajstić information content (AvgIpc) is 2.32. The summed E-state index contributed by atoms with van der Waals surface area (Å²) < 4.78 is 0. The Morgan fingerprint density at radius 1 is 1.28 bits per heavy atom. The maximum absolute atomic E-state index is 11.3. The number of carbonyl (C=O) groups excluding carboxylic acids is 1. The Kier molecular flexibility index (Phi) is 4.09. The van der Waals surface area contributed by atoms with Crippen molar-refractivity contribution in [1.29, 1.82) is 0 Å². The molecule has 1 aromatic rings. The molecule has 18 heavy (non-hydrogen) atoms. The summed E-state index contributed by atoms with van der Waals surface area (Å²) in [6.07, 6.45) is 4.02. The van der Waals surface area contributed by atoms with Gasteiger partial charge in [0.05, 0.1) is 5.56 Å². The average molecular weight is 268 g/mol. The third-order valence-electron chi connectivity index (χ3n) is 3.38. The minimum absolute atomic E-state index is 0.304. The number of hydrogen-bond donors (Lipinski definition) is 3. The van der Waals surface area contributed by atoms with Gasteiger partial charge in [-0.15, -0.1) is 0 Å². The van der Waals surface area contributed by atoms with Crippen molar-refractivity contribution >= 4 is 23.2 Å². The van der Waals surface area contributed by atoms with Gasteiger partial charge in [0, 0.05) is 22.8 Å². The molecule has 0 radical (unpaired) electrons. The Bertz CT molecular complexity index is 442. The summed E-state index contributed by atoms with van der Waals surface area (Å²) in [5, 5.41) is 3.94. The first-order valence-corrected chi connectivity index (χ1v) is 6.55. The molecule has 1 fully saturated rings. The number of amides is 1. The molecule has 1 saturated carbocycles. The van der Waals surface area contributed by atoms with E-state index in [9.17, 15) is 4.79 Å². The Balaban J connectivity index is 2.12. The second-order valence-corrected chi connectivity index (χ2v) is 5.25. The van der Waals surface area contributed by atoms with Gasteiger partial charge in [-0.2, -0.15) is 0 Å². The van der Waals surface area contributed by atoms with Crippen molar-refractivity contribution in [2.24, 2.45) is 11.5 Å². The molecule has 0 spiro atoms. The number of rotatable bonds is 3. The van der Waals surface area contributed by atoms with Crippen molar-refractivity contribution < 1.29 is 4.79 Å². The highest BCUT2D eigenvalue weighted by Crippen LogP contribution is 2.25. The van der Waals surface area contributed by atoms with E-state index in [4.69, 9.17) is 23.1 Å². The smallest absolute Gasteiger partial charge is 0.250 e. The first-order chi connectivity index (χ1) is 8.56. The third kappa shape index (κ3) is 3.15. The van der Waals surface area contributed by atoms with Gasteiger partial charge in [0.15, 0.2) is 0 Å². The number of nitrogens with two attached hydrogens (primary N) is 2. The first kappa shape index (κ1) is 13.2. The largest absolute Gasteiger partial charge is 0.382 e. The first-order valence-electron chi connectivity index (χ1n) is 6.17. The molecule has 0 aromatic heterocycles. The molecule has 5 N–H and O–H groups in total. The predicted molar refractivity (Wildman–Crippen MR) is 73.8 cm³/mol. The minimum atomic E-state index is -0.443. The van der Waals surface area contributed by atoms with E-state index in [1.165, 1.54) is 0 Å². The number of carbonyl (C=O) groups is 1. The number of primary amides is 1. The van der Waals surface area contributed by atoms with E-state index in [0.717, 1.165) is 31.4 Å². The number of anilines is 1. The molecule has 0 bridgehead atoms. The van der Waals surface area contributed by atoms with Crippen molar-refractivity contribution in [3.63, 3.8) is 0 Å². The monoisotopic (exact) mass is 267 g/mol. The molecule has 0 unspecified atom stereocenters. The molecule has 0 saturated heterocycles. The molecule has 4 nitrogen and oxygen atoms in total. The van der Waals surface area contributed by atoms with Crippen LogP contribution in [0.1, 0.15) is 36.0 Å². The summed E-state index contributed by atoms with van der Waals surface area (Å²) in [4.78, 5) is 11.3. The highest BCUT2D eigenvalue weighted by molar-refractivity contribution is 6.31. The van der Waals surface area contributed by atoms with E-state index < -0.39 is 5.91 Å².